The molecule has 2 aliphatic carbocycles. The van der Waals surface area contributed by atoms with E-state index < -0.39 is 0 Å². The first-order valence-electron chi connectivity index (χ1n) is 4.64. The standard InChI is InChI=1S/C9H16O3/c1-5-2-6-3-7(5)8(11)9(6)12-4-10/h5-11H,2-4H2,1H3. The molecule has 0 aliphatic heterocycles. The number of rotatable bonds is 2. The van der Waals surface area contributed by atoms with Crippen LogP contribution in [0.1, 0.15) is 19.8 Å². The first-order valence-corrected chi connectivity index (χ1v) is 4.64. The number of fused-ring (bicyclic) bond motifs is 2. The van der Waals surface area contributed by atoms with Gasteiger partial charge >= 0.3 is 0 Å². The zero-order valence-electron chi connectivity index (χ0n) is 7.31. The van der Waals surface area contributed by atoms with Gasteiger partial charge in [0.2, 0.25) is 0 Å². The number of aliphatic hydroxyl groups is 2. The minimum atomic E-state index is -0.342. The summed E-state index contributed by atoms with van der Waals surface area (Å²) in [5.41, 5.74) is 0. The maximum absolute atomic E-state index is 9.74. The van der Waals surface area contributed by atoms with Crippen LogP contribution < -0.4 is 0 Å². The molecule has 5 unspecified atom stereocenters. The van der Waals surface area contributed by atoms with Gasteiger partial charge in [0.05, 0.1) is 12.2 Å². The van der Waals surface area contributed by atoms with Gasteiger partial charge in [-0.25, -0.2) is 0 Å². The van der Waals surface area contributed by atoms with E-state index in [1.54, 1.807) is 0 Å². The van der Waals surface area contributed by atoms with Gasteiger partial charge in [-0.2, -0.15) is 0 Å². The maximum atomic E-state index is 9.74. The smallest absolute Gasteiger partial charge is 0.144 e. The molecule has 2 saturated carbocycles. The molecule has 0 spiro atoms. The van der Waals surface area contributed by atoms with Crippen molar-refractivity contribution in [2.24, 2.45) is 17.8 Å². The van der Waals surface area contributed by atoms with Crippen molar-refractivity contribution in [3.63, 3.8) is 0 Å². The molecular weight excluding hydrogens is 156 g/mol. The van der Waals surface area contributed by atoms with Gasteiger partial charge in [0.15, 0.2) is 0 Å². The highest BCUT2D eigenvalue weighted by molar-refractivity contribution is 5.00. The molecule has 0 radical (unpaired) electrons. The third-order valence-electron chi connectivity index (χ3n) is 3.49. The van der Waals surface area contributed by atoms with Gasteiger partial charge < -0.3 is 14.9 Å². The molecule has 0 amide bonds. The lowest BCUT2D eigenvalue weighted by atomic mass is 9.86. The van der Waals surface area contributed by atoms with E-state index in [1.807, 2.05) is 0 Å². The van der Waals surface area contributed by atoms with Crippen LogP contribution in [0.15, 0.2) is 0 Å². The molecule has 3 nitrogen and oxygen atoms in total. The second-order valence-corrected chi connectivity index (χ2v) is 4.12. The lowest BCUT2D eigenvalue weighted by molar-refractivity contribution is -0.123. The molecule has 0 aromatic heterocycles. The Balaban J connectivity index is 2.03. The molecule has 2 N–H and O–H groups in total. The fraction of sp³-hybridized carbons (Fsp3) is 1.00. The van der Waals surface area contributed by atoms with E-state index in [4.69, 9.17) is 9.84 Å². The van der Waals surface area contributed by atoms with Crippen LogP contribution in [0.4, 0.5) is 0 Å². The van der Waals surface area contributed by atoms with Crippen LogP contribution in [0.25, 0.3) is 0 Å². The SMILES string of the molecule is CC1CC2CC1C(O)C2OCO. The number of hydrogen-bond acceptors (Lipinski definition) is 3. The minimum absolute atomic E-state index is 0.101. The Kier molecular flexibility index (Phi) is 2.10. The quantitative estimate of drug-likeness (QED) is 0.591. The number of hydrogen-bond donors (Lipinski definition) is 2. The van der Waals surface area contributed by atoms with Crippen LogP contribution in [-0.2, 0) is 4.74 Å². The van der Waals surface area contributed by atoms with Crippen molar-refractivity contribution in [1.29, 1.82) is 0 Å². The van der Waals surface area contributed by atoms with E-state index in [-0.39, 0.29) is 19.0 Å². The molecule has 12 heavy (non-hydrogen) atoms. The molecule has 2 bridgehead atoms. The summed E-state index contributed by atoms with van der Waals surface area (Å²) in [6.45, 7) is 1.92. The highest BCUT2D eigenvalue weighted by Crippen LogP contribution is 2.49. The largest absolute Gasteiger partial charge is 0.390 e. The van der Waals surface area contributed by atoms with Crippen LogP contribution in [0.2, 0.25) is 0 Å². The molecular formula is C9H16O3. The molecule has 0 heterocycles. The third kappa shape index (κ3) is 1.08. The molecule has 0 saturated heterocycles. The molecule has 0 aromatic rings. The summed E-state index contributed by atoms with van der Waals surface area (Å²) in [5.74, 6) is 1.52. The molecule has 70 valence electrons. The van der Waals surface area contributed by atoms with Crippen molar-refractivity contribution in [1.82, 2.24) is 0 Å². The third-order valence-corrected chi connectivity index (χ3v) is 3.49. The Morgan fingerprint density at radius 2 is 2.17 bits per heavy atom. The fourth-order valence-electron chi connectivity index (χ4n) is 2.92. The van der Waals surface area contributed by atoms with Crippen LogP contribution >= 0.6 is 0 Å². The summed E-state index contributed by atoms with van der Waals surface area (Å²) < 4.78 is 5.10. The number of ether oxygens (including phenoxy) is 1. The van der Waals surface area contributed by atoms with Crippen molar-refractivity contribution in [2.45, 2.75) is 32.0 Å². The van der Waals surface area contributed by atoms with Gasteiger partial charge in [0, 0.05) is 0 Å². The summed E-state index contributed by atoms with van der Waals surface area (Å²) in [7, 11) is 0. The van der Waals surface area contributed by atoms with Gasteiger partial charge in [0.25, 0.3) is 0 Å². The van der Waals surface area contributed by atoms with Crippen molar-refractivity contribution in [2.75, 3.05) is 6.79 Å². The van der Waals surface area contributed by atoms with Gasteiger partial charge in [-0.05, 0) is 30.6 Å². The topological polar surface area (TPSA) is 49.7 Å². The Labute approximate surface area is 72.3 Å². The lowest BCUT2D eigenvalue weighted by Crippen LogP contribution is -2.38. The normalized spacial score (nSPS) is 51.8. The summed E-state index contributed by atoms with van der Waals surface area (Å²) in [4.78, 5) is 0. The van der Waals surface area contributed by atoms with Gasteiger partial charge in [-0.15, -0.1) is 0 Å². The van der Waals surface area contributed by atoms with Crippen LogP contribution in [0.3, 0.4) is 0 Å². The van der Waals surface area contributed by atoms with Gasteiger partial charge in [-0.3, -0.25) is 0 Å². The first kappa shape index (κ1) is 8.48. The predicted molar refractivity (Wildman–Crippen MR) is 43.3 cm³/mol. The second kappa shape index (κ2) is 2.98. The summed E-state index contributed by atoms with van der Waals surface area (Å²) >= 11 is 0. The lowest BCUT2D eigenvalue weighted by Gasteiger charge is -2.30. The van der Waals surface area contributed by atoms with Gasteiger partial charge in [0.1, 0.15) is 6.79 Å². The van der Waals surface area contributed by atoms with E-state index in [0.29, 0.717) is 17.8 Å². The van der Waals surface area contributed by atoms with Crippen molar-refractivity contribution < 1.29 is 14.9 Å². The molecule has 2 rings (SSSR count). The van der Waals surface area contributed by atoms with Gasteiger partial charge in [-0.1, -0.05) is 6.92 Å². The molecule has 0 aromatic carbocycles. The maximum Gasteiger partial charge on any atom is 0.144 e. The highest BCUT2D eigenvalue weighted by atomic mass is 16.6. The minimum Gasteiger partial charge on any atom is -0.390 e. The Bertz CT molecular complexity index is 169. The summed E-state index contributed by atoms with van der Waals surface area (Å²) in [6, 6.07) is 0. The monoisotopic (exact) mass is 172 g/mol. The van der Waals surface area contributed by atoms with E-state index in [2.05, 4.69) is 6.92 Å². The summed E-state index contributed by atoms with van der Waals surface area (Å²) in [6.07, 6.45) is 1.78. The van der Waals surface area contributed by atoms with E-state index in [1.165, 1.54) is 0 Å². The molecule has 2 fully saturated rings. The molecule has 5 atom stereocenters. The summed E-state index contributed by atoms with van der Waals surface area (Å²) in [5, 5.41) is 18.3. The Morgan fingerprint density at radius 3 is 2.67 bits per heavy atom. The van der Waals surface area contributed by atoms with Crippen LogP contribution in [0, 0.1) is 17.8 Å². The van der Waals surface area contributed by atoms with E-state index in [0.717, 1.165) is 12.8 Å². The Morgan fingerprint density at radius 1 is 1.42 bits per heavy atom. The van der Waals surface area contributed by atoms with E-state index >= 15 is 0 Å². The molecule has 3 heteroatoms. The van der Waals surface area contributed by atoms with E-state index in [9.17, 15) is 5.11 Å². The fourth-order valence-corrected chi connectivity index (χ4v) is 2.92. The van der Waals surface area contributed by atoms with Crippen LogP contribution in [0.5, 0.6) is 0 Å². The number of aliphatic hydroxyl groups excluding tert-OH is 2. The zero-order chi connectivity index (χ0) is 8.72. The first-order chi connectivity index (χ1) is 5.74. The van der Waals surface area contributed by atoms with Crippen LogP contribution in [-0.4, -0.2) is 29.2 Å². The van der Waals surface area contributed by atoms with Crippen molar-refractivity contribution in [3.05, 3.63) is 0 Å². The average Bonchev–Trinajstić information content (AvgIpc) is 2.51. The van der Waals surface area contributed by atoms with Crippen molar-refractivity contribution >= 4 is 0 Å². The Hall–Kier alpha value is -0.120. The molecule has 2 aliphatic rings. The predicted octanol–water partition coefficient (Wildman–Crippen LogP) is 0.358. The second-order valence-electron chi connectivity index (χ2n) is 4.12. The highest BCUT2D eigenvalue weighted by Gasteiger charge is 2.51. The van der Waals surface area contributed by atoms with Crippen molar-refractivity contribution in [3.8, 4) is 0 Å². The average molecular weight is 172 g/mol. The zero-order valence-corrected chi connectivity index (χ0v) is 7.31.